The zero-order chi connectivity index (χ0) is 10.9. The second-order valence-corrected chi connectivity index (χ2v) is 4.66. The largest absolute Gasteiger partial charge is 0.307 e. The first-order valence-corrected chi connectivity index (χ1v) is 5.57. The lowest BCUT2D eigenvalue weighted by Crippen LogP contribution is -2.47. The lowest BCUT2D eigenvalue weighted by atomic mass is 9.81. The van der Waals surface area contributed by atoms with E-state index in [0.29, 0.717) is 12.8 Å². The van der Waals surface area contributed by atoms with Crippen LogP contribution in [0.5, 0.6) is 0 Å². The molecule has 2 rings (SSSR count). The summed E-state index contributed by atoms with van der Waals surface area (Å²) in [5, 5.41) is 3.44. The highest BCUT2D eigenvalue weighted by molar-refractivity contribution is 5.32. The van der Waals surface area contributed by atoms with Crippen molar-refractivity contribution in [1.82, 2.24) is 5.32 Å². The van der Waals surface area contributed by atoms with Crippen LogP contribution in [0.1, 0.15) is 30.9 Å². The van der Waals surface area contributed by atoms with Crippen molar-refractivity contribution >= 4 is 0 Å². The van der Waals surface area contributed by atoms with Crippen LogP contribution in [0.25, 0.3) is 0 Å². The summed E-state index contributed by atoms with van der Waals surface area (Å²) in [5.41, 5.74) is 2.28. The maximum atomic E-state index is 13.5. The van der Waals surface area contributed by atoms with Gasteiger partial charge in [-0.2, -0.15) is 0 Å². The minimum atomic E-state index is -0.671. The number of benzene rings is 1. The van der Waals surface area contributed by atoms with Gasteiger partial charge < -0.3 is 5.32 Å². The Morgan fingerprint density at radius 2 is 2.13 bits per heavy atom. The molecule has 1 fully saturated rings. The van der Waals surface area contributed by atoms with Gasteiger partial charge >= 0.3 is 0 Å². The van der Waals surface area contributed by atoms with Crippen molar-refractivity contribution in [2.45, 2.75) is 38.4 Å². The third-order valence-electron chi connectivity index (χ3n) is 3.34. The van der Waals surface area contributed by atoms with Gasteiger partial charge in [-0.05, 0) is 37.9 Å². The monoisotopic (exact) mass is 207 g/mol. The molecule has 1 N–H and O–H groups in total. The highest BCUT2D eigenvalue weighted by atomic mass is 19.1. The van der Waals surface area contributed by atoms with E-state index in [1.807, 2.05) is 12.1 Å². The molecule has 1 aliphatic rings. The van der Waals surface area contributed by atoms with Crippen LogP contribution in [0.15, 0.2) is 24.3 Å². The number of aryl methyl sites for hydroxylation is 1. The Morgan fingerprint density at radius 3 is 2.80 bits per heavy atom. The highest BCUT2D eigenvalue weighted by Crippen LogP contribution is 2.32. The molecule has 2 atom stereocenters. The van der Waals surface area contributed by atoms with E-state index in [9.17, 15) is 4.39 Å². The molecule has 0 aromatic heterocycles. The van der Waals surface area contributed by atoms with Gasteiger partial charge in [-0.1, -0.05) is 24.3 Å². The van der Waals surface area contributed by atoms with Crippen LogP contribution in [-0.4, -0.2) is 12.7 Å². The molecule has 15 heavy (non-hydrogen) atoms. The normalized spacial score (nSPS) is 31.5. The van der Waals surface area contributed by atoms with E-state index in [1.165, 1.54) is 11.1 Å². The first-order chi connectivity index (χ1) is 7.12. The summed E-state index contributed by atoms with van der Waals surface area (Å²) >= 11 is 0. The molecule has 0 saturated carbocycles. The van der Waals surface area contributed by atoms with Crippen molar-refractivity contribution in [2.24, 2.45) is 0 Å². The van der Waals surface area contributed by atoms with E-state index < -0.39 is 6.17 Å². The maximum absolute atomic E-state index is 13.5. The van der Waals surface area contributed by atoms with E-state index in [4.69, 9.17) is 0 Å². The van der Waals surface area contributed by atoms with Crippen LogP contribution >= 0.6 is 0 Å². The van der Waals surface area contributed by atoms with Gasteiger partial charge in [0, 0.05) is 12.0 Å². The summed E-state index contributed by atoms with van der Waals surface area (Å²) in [6.07, 6.45) is 0.551. The SMILES string of the molecule is Cc1ccccc1C1(C)CC(F)CCN1. The van der Waals surface area contributed by atoms with Crippen LogP contribution < -0.4 is 5.32 Å². The van der Waals surface area contributed by atoms with Gasteiger partial charge in [-0.3, -0.25) is 0 Å². The Bertz CT molecular complexity index is 350. The predicted octanol–water partition coefficient (Wildman–Crippen LogP) is 2.93. The van der Waals surface area contributed by atoms with E-state index >= 15 is 0 Å². The standard InChI is InChI=1S/C13H18FN/c1-10-5-3-4-6-12(10)13(2)9-11(14)7-8-15-13/h3-6,11,15H,7-9H2,1-2H3. The molecule has 0 amide bonds. The summed E-state index contributed by atoms with van der Waals surface area (Å²) < 4.78 is 13.5. The van der Waals surface area contributed by atoms with Gasteiger partial charge in [0.25, 0.3) is 0 Å². The van der Waals surface area contributed by atoms with Crippen molar-refractivity contribution < 1.29 is 4.39 Å². The molecule has 0 aliphatic carbocycles. The third-order valence-corrected chi connectivity index (χ3v) is 3.34. The summed E-state index contributed by atoms with van der Waals surface area (Å²) in [5.74, 6) is 0. The Labute approximate surface area is 90.7 Å². The molecule has 82 valence electrons. The first kappa shape index (κ1) is 10.6. The molecular formula is C13H18FN. The van der Waals surface area contributed by atoms with E-state index in [-0.39, 0.29) is 5.54 Å². The van der Waals surface area contributed by atoms with Crippen molar-refractivity contribution in [3.8, 4) is 0 Å². The average molecular weight is 207 g/mol. The molecule has 1 aromatic carbocycles. The fourth-order valence-corrected chi connectivity index (χ4v) is 2.52. The van der Waals surface area contributed by atoms with Gasteiger partial charge in [0.1, 0.15) is 6.17 Å². The van der Waals surface area contributed by atoms with Gasteiger partial charge in [-0.25, -0.2) is 4.39 Å². The number of rotatable bonds is 1. The Kier molecular flexibility index (Phi) is 2.79. The zero-order valence-electron chi connectivity index (χ0n) is 9.39. The van der Waals surface area contributed by atoms with Crippen LogP contribution in [-0.2, 0) is 5.54 Å². The molecule has 0 bridgehead atoms. The van der Waals surface area contributed by atoms with Crippen molar-refractivity contribution in [2.75, 3.05) is 6.54 Å². The quantitative estimate of drug-likeness (QED) is 0.746. The minimum Gasteiger partial charge on any atom is -0.307 e. The van der Waals surface area contributed by atoms with Gasteiger partial charge in [0.2, 0.25) is 0 Å². The smallest absolute Gasteiger partial charge is 0.103 e. The lowest BCUT2D eigenvalue weighted by Gasteiger charge is -2.38. The Balaban J connectivity index is 2.32. The second kappa shape index (κ2) is 3.93. The fourth-order valence-electron chi connectivity index (χ4n) is 2.52. The van der Waals surface area contributed by atoms with Crippen LogP contribution in [0.2, 0.25) is 0 Å². The molecule has 2 unspecified atom stereocenters. The molecule has 1 heterocycles. The highest BCUT2D eigenvalue weighted by Gasteiger charge is 2.34. The number of nitrogens with one attached hydrogen (secondary N) is 1. The van der Waals surface area contributed by atoms with E-state index in [1.54, 1.807) is 0 Å². The predicted molar refractivity (Wildman–Crippen MR) is 60.7 cm³/mol. The number of hydrogen-bond donors (Lipinski definition) is 1. The number of halogens is 1. The molecule has 1 aromatic rings. The average Bonchev–Trinajstić information content (AvgIpc) is 2.17. The minimum absolute atomic E-state index is 0.191. The zero-order valence-corrected chi connectivity index (χ0v) is 9.39. The Hall–Kier alpha value is -0.890. The summed E-state index contributed by atoms with van der Waals surface area (Å²) in [6.45, 7) is 4.96. The number of hydrogen-bond acceptors (Lipinski definition) is 1. The molecule has 0 spiro atoms. The van der Waals surface area contributed by atoms with E-state index in [2.05, 4.69) is 31.3 Å². The maximum Gasteiger partial charge on any atom is 0.103 e. The molecular weight excluding hydrogens is 189 g/mol. The fraction of sp³-hybridized carbons (Fsp3) is 0.538. The first-order valence-electron chi connectivity index (χ1n) is 5.57. The van der Waals surface area contributed by atoms with Crippen molar-refractivity contribution in [3.63, 3.8) is 0 Å². The molecule has 1 nitrogen and oxygen atoms in total. The molecule has 2 heteroatoms. The van der Waals surface area contributed by atoms with Crippen LogP contribution in [0.4, 0.5) is 4.39 Å². The topological polar surface area (TPSA) is 12.0 Å². The molecule has 1 aliphatic heterocycles. The van der Waals surface area contributed by atoms with Gasteiger partial charge in [0.15, 0.2) is 0 Å². The van der Waals surface area contributed by atoms with Crippen LogP contribution in [0.3, 0.4) is 0 Å². The summed E-state index contributed by atoms with van der Waals surface area (Å²) in [4.78, 5) is 0. The summed E-state index contributed by atoms with van der Waals surface area (Å²) in [7, 11) is 0. The number of piperidine rings is 1. The number of alkyl halides is 1. The Morgan fingerprint density at radius 1 is 1.40 bits per heavy atom. The van der Waals surface area contributed by atoms with Crippen molar-refractivity contribution in [1.29, 1.82) is 0 Å². The second-order valence-electron chi connectivity index (χ2n) is 4.66. The molecule has 0 radical (unpaired) electrons. The molecule has 1 saturated heterocycles. The van der Waals surface area contributed by atoms with Crippen molar-refractivity contribution in [3.05, 3.63) is 35.4 Å². The lowest BCUT2D eigenvalue weighted by molar-refractivity contribution is 0.164. The van der Waals surface area contributed by atoms with Crippen LogP contribution in [0, 0.1) is 6.92 Å². The van der Waals surface area contributed by atoms with Gasteiger partial charge in [-0.15, -0.1) is 0 Å². The van der Waals surface area contributed by atoms with E-state index in [0.717, 1.165) is 6.54 Å². The van der Waals surface area contributed by atoms with Gasteiger partial charge in [0.05, 0.1) is 0 Å². The third kappa shape index (κ3) is 2.05. The summed E-state index contributed by atoms with van der Waals surface area (Å²) in [6, 6.07) is 8.24.